The molecule has 4 nitrogen and oxygen atoms in total. The lowest BCUT2D eigenvalue weighted by atomic mass is 9.90. The zero-order chi connectivity index (χ0) is 15.7. The average Bonchev–Trinajstić information content (AvgIpc) is 2.43. The van der Waals surface area contributed by atoms with Crippen molar-refractivity contribution in [1.29, 1.82) is 0 Å². The molecule has 0 spiro atoms. The smallest absolute Gasteiger partial charge is 0.305 e. The molecular weight excluding hydrogens is 268 g/mol. The van der Waals surface area contributed by atoms with Crippen molar-refractivity contribution in [2.75, 3.05) is 13.2 Å². The van der Waals surface area contributed by atoms with E-state index < -0.39 is 0 Å². The molecule has 0 aromatic rings. The second-order valence-electron chi connectivity index (χ2n) is 7.26. The largest absolute Gasteiger partial charge is 0.465 e. The Labute approximate surface area is 128 Å². The maximum atomic E-state index is 11.6. The molecule has 0 aromatic heterocycles. The van der Waals surface area contributed by atoms with Crippen LogP contribution in [0.25, 0.3) is 0 Å². The van der Waals surface area contributed by atoms with E-state index in [1.165, 1.54) is 32.1 Å². The molecule has 0 N–H and O–H groups in total. The van der Waals surface area contributed by atoms with Gasteiger partial charge < -0.3 is 9.47 Å². The maximum Gasteiger partial charge on any atom is 0.305 e. The highest BCUT2D eigenvalue weighted by Crippen LogP contribution is 2.23. The van der Waals surface area contributed by atoms with Crippen LogP contribution in [0.1, 0.15) is 72.1 Å². The standard InChI is InChI=1S/C17H30O4/c1-17(2,3)13-21-16(19)11-7-10-15(18)20-12-14-8-5-4-6-9-14/h14H,4-13H2,1-3H3. The number of ether oxygens (including phenoxy) is 2. The van der Waals surface area contributed by atoms with Gasteiger partial charge in [-0.1, -0.05) is 40.0 Å². The van der Waals surface area contributed by atoms with Crippen LogP contribution in [0.2, 0.25) is 0 Å². The SMILES string of the molecule is CC(C)(C)COC(=O)CCCC(=O)OCC1CCCCC1. The topological polar surface area (TPSA) is 52.6 Å². The molecule has 0 heterocycles. The molecule has 0 saturated heterocycles. The molecule has 21 heavy (non-hydrogen) atoms. The minimum atomic E-state index is -0.231. The molecule has 1 aliphatic rings. The summed E-state index contributed by atoms with van der Waals surface area (Å²) in [4.78, 5) is 23.1. The van der Waals surface area contributed by atoms with Crippen molar-refractivity contribution in [2.24, 2.45) is 11.3 Å². The molecule has 0 aliphatic heterocycles. The monoisotopic (exact) mass is 298 g/mol. The number of carbonyl (C=O) groups excluding carboxylic acids is 2. The van der Waals surface area contributed by atoms with Crippen LogP contribution in [0, 0.1) is 11.3 Å². The Bertz CT molecular complexity index is 324. The summed E-state index contributed by atoms with van der Waals surface area (Å²) in [6.45, 7) is 7.01. The molecule has 1 aliphatic carbocycles. The van der Waals surface area contributed by atoms with Crippen LogP contribution >= 0.6 is 0 Å². The predicted molar refractivity (Wildman–Crippen MR) is 81.8 cm³/mol. The summed E-state index contributed by atoms with van der Waals surface area (Å²) >= 11 is 0. The first-order valence-electron chi connectivity index (χ1n) is 8.18. The highest BCUT2D eigenvalue weighted by Gasteiger charge is 2.16. The first kappa shape index (κ1) is 18.0. The van der Waals surface area contributed by atoms with Crippen LogP contribution in [0.5, 0.6) is 0 Å². The summed E-state index contributed by atoms with van der Waals surface area (Å²) in [5, 5.41) is 0. The minimum Gasteiger partial charge on any atom is -0.465 e. The summed E-state index contributed by atoms with van der Waals surface area (Å²) in [5.41, 5.74) is -0.0193. The van der Waals surface area contributed by atoms with E-state index in [9.17, 15) is 9.59 Å². The summed E-state index contributed by atoms with van der Waals surface area (Å²) in [6.07, 6.45) is 7.25. The number of hydrogen-bond donors (Lipinski definition) is 0. The van der Waals surface area contributed by atoms with Crippen LogP contribution in [0.3, 0.4) is 0 Å². The Kier molecular flexibility index (Phi) is 7.76. The summed E-state index contributed by atoms with van der Waals surface area (Å²) < 4.78 is 10.4. The van der Waals surface area contributed by atoms with Crippen molar-refractivity contribution in [3.8, 4) is 0 Å². The number of carbonyl (C=O) groups is 2. The maximum absolute atomic E-state index is 11.6. The van der Waals surface area contributed by atoms with Gasteiger partial charge in [-0.3, -0.25) is 9.59 Å². The highest BCUT2D eigenvalue weighted by atomic mass is 16.5. The summed E-state index contributed by atoms with van der Waals surface area (Å²) in [7, 11) is 0. The van der Waals surface area contributed by atoms with Crippen LogP contribution in [-0.2, 0) is 19.1 Å². The molecule has 1 rings (SSSR count). The normalized spacial score (nSPS) is 16.5. The lowest BCUT2D eigenvalue weighted by Crippen LogP contribution is -2.19. The van der Waals surface area contributed by atoms with E-state index in [1.807, 2.05) is 20.8 Å². The molecule has 0 unspecified atom stereocenters. The van der Waals surface area contributed by atoms with Gasteiger partial charge in [0.05, 0.1) is 13.2 Å². The molecule has 1 fully saturated rings. The van der Waals surface area contributed by atoms with Crippen LogP contribution in [-0.4, -0.2) is 25.2 Å². The van der Waals surface area contributed by atoms with E-state index in [0.29, 0.717) is 32.0 Å². The van der Waals surface area contributed by atoms with Gasteiger partial charge in [0, 0.05) is 12.8 Å². The first-order valence-corrected chi connectivity index (χ1v) is 8.18. The molecule has 0 radical (unpaired) electrons. The van der Waals surface area contributed by atoms with E-state index in [2.05, 4.69) is 0 Å². The van der Waals surface area contributed by atoms with E-state index in [-0.39, 0.29) is 23.8 Å². The molecule has 0 atom stereocenters. The Hall–Kier alpha value is -1.06. The van der Waals surface area contributed by atoms with Crippen LogP contribution in [0.15, 0.2) is 0 Å². The molecular formula is C17H30O4. The van der Waals surface area contributed by atoms with Gasteiger partial charge in [0.25, 0.3) is 0 Å². The Morgan fingerprint density at radius 1 is 0.952 bits per heavy atom. The van der Waals surface area contributed by atoms with Crippen LogP contribution in [0.4, 0.5) is 0 Å². The fourth-order valence-corrected chi connectivity index (χ4v) is 2.38. The quantitative estimate of drug-likeness (QED) is 0.669. The van der Waals surface area contributed by atoms with Crippen molar-refractivity contribution in [3.05, 3.63) is 0 Å². The molecule has 4 heteroatoms. The second-order valence-corrected chi connectivity index (χ2v) is 7.26. The Morgan fingerprint density at radius 2 is 1.52 bits per heavy atom. The predicted octanol–water partition coefficient (Wildman–Crippen LogP) is 3.87. The van der Waals surface area contributed by atoms with Gasteiger partial charge in [-0.25, -0.2) is 0 Å². The van der Waals surface area contributed by atoms with E-state index >= 15 is 0 Å². The average molecular weight is 298 g/mol. The molecule has 0 aromatic carbocycles. The minimum absolute atomic E-state index is 0.0193. The first-order chi connectivity index (χ1) is 9.87. The summed E-state index contributed by atoms with van der Waals surface area (Å²) in [6, 6.07) is 0. The third-order valence-corrected chi connectivity index (χ3v) is 3.63. The van der Waals surface area contributed by atoms with Crippen molar-refractivity contribution in [1.82, 2.24) is 0 Å². The van der Waals surface area contributed by atoms with E-state index in [0.717, 1.165) is 0 Å². The van der Waals surface area contributed by atoms with Crippen molar-refractivity contribution < 1.29 is 19.1 Å². The number of esters is 2. The van der Waals surface area contributed by atoms with Crippen molar-refractivity contribution in [2.45, 2.75) is 72.1 Å². The van der Waals surface area contributed by atoms with Gasteiger partial charge in [0.15, 0.2) is 0 Å². The summed E-state index contributed by atoms with van der Waals surface area (Å²) in [5.74, 6) is 0.119. The molecule has 0 amide bonds. The molecule has 1 saturated carbocycles. The Balaban J connectivity index is 2.03. The third-order valence-electron chi connectivity index (χ3n) is 3.63. The third kappa shape index (κ3) is 9.48. The number of hydrogen-bond acceptors (Lipinski definition) is 4. The fraction of sp³-hybridized carbons (Fsp3) is 0.882. The van der Waals surface area contributed by atoms with Gasteiger partial charge >= 0.3 is 11.9 Å². The van der Waals surface area contributed by atoms with E-state index in [4.69, 9.17) is 9.47 Å². The van der Waals surface area contributed by atoms with Crippen molar-refractivity contribution >= 4 is 11.9 Å². The second kappa shape index (κ2) is 9.06. The van der Waals surface area contributed by atoms with Gasteiger partial charge in [0.2, 0.25) is 0 Å². The highest BCUT2D eigenvalue weighted by molar-refractivity contribution is 5.72. The van der Waals surface area contributed by atoms with Crippen LogP contribution < -0.4 is 0 Å². The van der Waals surface area contributed by atoms with Crippen molar-refractivity contribution in [3.63, 3.8) is 0 Å². The van der Waals surface area contributed by atoms with Gasteiger partial charge in [-0.15, -0.1) is 0 Å². The Morgan fingerprint density at radius 3 is 2.10 bits per heavy atom. The lowest BCUT2D eigenvalue weighted by Gasteiger charge is -2.21. The van der Waals surface area contributed by atoms with E-state index in [1.54, 1.807) is 0 Å². The zero-order valence-corrected chi connectivity index (χ0v) is 13.8. The zero-order valence-electron chi connectivity index (χ0n) is 13.8. The molecule has 0 bridgehead atoms. The van der Waals surface area contributed by atoms with Gasteiger partial charge in [0.1, 0.15) is 0 Å². The lowest BCUT2D eigenvalue weighted by molar-refractivity contribution is -0.147. The fourth-order valence-electron chi connectivity index (χ4n) is 2.38. The van der Waals surface area contributed by atoms with Gasteiger partial charge in [-0.2, -0.15) is 0 Å². The molecule has 122 valence electrons. The van der Waals surface area contributed by atoms with Gasteiger partial charge in [-0.05, 0) is 30.6 Å². The number of rotatable bonds is 7.